The average molecular weight is 267 g/mol. The second-order valence-corrected chi connectivity index (χ2v) is 4.02. The van der Waals surface area contributed by atoms with E-state index < -0.39 is 35.2 Å². The summed E-state index contributed by atoms with van der Waals surface area (Å²) in [5.41, 5.74) is -0.560. The number of hydrogen-bond donors (Lipinski definition) is 2. The van der Waals surface area contributed by atoms with Crippen LogP contribution in [0.4, 0.5) is 10.2 Å². The summed E-state index contributed by atoms with van der Waals surface area (Å²) in [5.74, 6) is -4.01. The Bertz CT molecular complexity index is 575. The topological polar surface area (TPSA) is 99.6 Å². The van der Waals surface area contributed by atoms with Gasteiger partial charge in [-0.1, -0.05) is 0 Å². The number of carbonyl (C=O) groups excluding carboxylic acids is 2. The molecule has 0 bridgehead atoms. The summed E-state index contributed by atoms with van der Waals surface area (Å²) in [5, 5.41) is 10.9. The van der Waals surface area contributed by atoms with E-state index in [1.54, 1.807) is 0 Å². The predicted octanol–water partition coefficient (Wildman–Crippen LogP) is -0.230. The van der Waals surface area contributed by atoms with Crippen molar-refractivity contribution in [2.75, 3.05) is 11.4 Å². The number of aromatic nitrogens is 1. The van der Waals surface area contributed by atoms with Crippen molar-refractivity contribution < 1.29 is 23.9 Å². The molecule has 1 aromatic rings. The van der Waals surface area contributed by atoms with E-state index in [1.807, 2.05) is 0 Å². The lowest BCUT2D eigenvalue weighted by atomic mass is 10.1. The van der Waals surface area contributed by atoms with Gasteiger partial charge in [-0.25, -0.2) is 14.2 Å². The zero-order valence-electron chi connectivity index (χ0n) is 9.88. The summed E-state index contributed by atoms with van der Waals surface area (Å²) in [4.78, 5) is 38.5. The Labute approximate surface area is 107 Å². The van der Waals surface area contributed by atoms with Crippen LogP contribution >= 0.6 is 0 Å². The van der Waals surface area contributed by atoms with Gasteiger partial charge >= 0.3 is 5.97 Å². The Morgan fingerprint density at radius 3 is 2.89 bits per heavy atom. The Kier molecular flexibility index (Phi) is 3.16. The molecule has 0 saturated carbocycles. The minimum absolute atomic E-state index is 0.264. The van der Waals surface area contributed by atoms with E-state index in [-0.39, 0.29) is 12.4 Å². The fourth-order valence-electron chi connectivity index (χ4n) is 1.77. The van der Waals surface area contributed by atoms with Gasteiger partial charge in [-0.15, -0.1) is 0 Å². The van der Waals surface area contributed by atoms with Crippen LogP contribution in [0.25, 0.3) is 0 Å². The standard InChI is InChI=1S/C11H10FN3O4/c1-5-10(17)14-7(16)4-15(5)9-8(12)6(11(18)19)2-3-13-9/h2-3,5H,4H2,1H3,(H,18,19)(H,14,16,17). The van der Waals surface area contributed by atoms with E-state index in [0.717, 1.165) is 17.2 Å². The lowest BCUT2D eigenvalue weighted by Crippen LogP contribution is -2.57. The van der Waals surface area contributed by atoms with Crippen molar-refractivity contribution in [1.29, 1.82) is 0 Å². The first-order chi connectivity index (χ1) is 8.91. The van der Waals surface area contributed by atoms with Gasteiger partial charge in [0, 0.05) is 6.20 Å². The van der Waals surface area contributed by atoms with Gasteiger partial charge in [-0.05, 0) is 13.0 Å². The average Bonchev–Trinajstić information content (AvgIpc) is 2.34. The van der Waals surface area contributed by atoms with Crippen molar-refractivity contribution in [3.05, 3.63) is 23.6 Å². The highest BCUT2D eigenvalue weighted by Gasteiger charge is 2.33. The maximum Gasteiger partial charge on any atom is 0.338 e. The summed E-state index contributed by atoms with van der Waals surface area (Å²) in [7, 11) is 0. The molecule has 0 spiro atoms. The third kappa shape index (κ3) is 2.24. The molecule has 2 rings (SSSR count). The molecule has 0 aromatic carbocycles. The van der Waals surface area contributed by atoms with E-state index in [2.05, 4.69) is 10.3 Å². The zero-order chi connectivity index (χ0) is 14.2. The third-order valence-electron chi connectivity index (χ3n) is 2.80. The number of carbonyl (C=O) groups is 3. The van der Waals surface area contributed by atoms with E-state index in [1.165, 1.54) is 6.92 Å². The second-order valence-electron chi connectivity index (χ2n) is 4.02. The van der Waals surface area contributed by atoms with Gasteiger partial charge in [0.05, 0.1) is 6.54 Å². The molecule has 8 heteroatoms. The third-order valence-corrected chi connectivity index (χ3v) is 2.80. The first-order valence-electron chi connectivity index (χ1n) is 5.40. The Balaban J connectivity index is 2.46. The smallest absolute Gasteiger partial charge is 0.338 e. The maximum absolute atomic E-state index is 14.0. The van der Waals surface area contributed by atoms with Crippen LogP contribution in [0.3, 0.4) is 0 Å². The molecule has 0 aliphatic carbocycles. The minimum Gasteiger partial charge on any atom is -0.478 e. The van der Waals surface area contributed by atoms with Gasteiger partial charge in [0.2, 0.25) is 11.8 Å². The molecule has 1 saturated heterocycles. The number of carboxylic acids is 1. The molecule has 1 aromatic heterocycles. The van der Waals surface area contributed by atoms with Crippen LogP contribution in [-0.4, -0.2) is 40.5 Å². The summed E-state index contributed by atoms with van der Waals surface area (Å²) in [6.07, 6.45) is 1.12. The number of anilines is 1. The molecular formula is C11H10FN3O4. The van der Waals surface area contributed by atoms with Crippen molar-refractivity contribution in [3.8, 4) is 0 Å². The molecule has 1 aliphatic heterocycles. The Morgan fingerprint density at radius 1 is 1.58 bits per heavy atom. The van der Waals surface area contributed by atoms with Crippen molar-refractivity contribution in [3.63, 3.8) is 0 Å². The normalized spacial score (nSPS) is 19.3. The van der Waals surface area contributed by atoms with Crippen LogP contribution in [0.2, 0.25) is 0 Å². The number of piperazine rings is 1. The fraction of sp³-hybridized carbons (Fsp3) is 0.273. The number of nitrogens with zero attached hydrogens (tertiary/aromatic N) is 2. The molecule has 2 heterocycles. The molecule has 19 heavy (non-hydrogen) atoms. The van der Waals surface area contributed by atoms with E-state index in [0.29, 0.717) is 0 Å². The molecule has 1 unspecified atom stereocenters. The number of amides is 2. The number of pyridine rings is 1. The van der Waals surface area contributed by atoms with Crippen LogP contribution in [0, 0.1) is 5.82 Å². The van der Waals surface area contributed by atoms with Gasteiger partial charge in [0.1, 0.15) is 11.6 Å². The monoisotopic (exact) mass is 267 g/mol. The van der Waals surface area contributed by atoms with Crippen LogP contribution in [0.1, 0.15) is 17.3 Å². The van der Waals surface area contributed by atoms with Crippen LogP contribution in [0.15, 0.2) is 12.3 Å². The van der Waals surface area contributed by atoms with Crippen LogP contribution in [-0.2, 0) is 9.59 Å². The molecule has 1 aliphatic rings. The number of carboxylic acid groups (broad SMARTS) is 1. The number of halogens is 1. The van der Waals surface area contributed by atoms with E-state index >= 15 is 0 Å². The highest BCUT2D eigenvalue weighted by molar-refractivity contribution is 6.04. The van der Waals surface area contributed by atoms with Gasteiger partial charge in [-0.3, -0.25) is 14.9 Å². The summed E-state index contributed by atoms with van der Waals surface area (Å²) in [6, 6.07) is 0.196. The van der Waals surface area contributed by atoms with E-state index in [9.17, 15) is 18.8 Å². The SMILES string of the molecule is CC1C(=O)NC(=O)CN1c1nccc(C(=O)O)c1F. The lowest BCUT2D eigenvalue weighted by molar-refractivity contribution is -0.132. The number of nitrogens with one attached hydrogen (secondary N) is 1. The molecule has 2 amide bonds. The fourth-order valence-corrected chi connectivity index (χ4v) is 1.77. The van der Waals surface area contributed by atoms with E-state index in [4.69, 9.17) is 5.11 Å². The number of hydrogen-bond acceptors (Lipinski definition) is 5. The van der Waals surface area contributed by atoms with Gasteiger partial charge in [0.15, 0.2) is 11.6 Å². The molecule has 7 nitrogen and oxygen atoms in total. The van der Waals surface area contributed by atoms with Crippen LogP contribution < -0.4 is 10.2 Å². The largest absolute Gasteiger partial charge is 0.478 e. The summed E-state index contributed by atoms with van der Waals surface area (Å²) >= 11 is 0. The lowest BCUT2D eigenvalue weighted by Gasteiger charge is -2.32. The van der Waals surface area contributed by atoms with Gasteiger partial charge in [-0.2, -0.15) is 0 Å². The second kappa shape index (κ2) is 4.63. The molecule has 100 valence electrons. The molecule has 1 atom stereocenters. The first kappa shape index (κ1) is 12.9. The van der Waals surface area contributed by atoms with Crippen molar-refractivity contribution >= 4 is 23.6 Å². The highest BCUT2D eigenvalue weighted by atomic mass is 19.1. The van der Waals surface area contributed by atoms with Gasteiger partial charge in [0.25, 0.3) is 0 Å². The van der Waals surface area contributed by atoms with Crippen molar-refractivity contribution in [2.45, 2.75) is 13.0 Å². The van der Waals surface area contributed by atoms with Crippen molar-refractivity contribution in [1.82, 2.24) is 10.3 Å². The summed E-state index contributed by atoms with van der Waals surface area (Å²) < 4.78 is 14.0. The Morgan fingerprint density at radius 2 is 2.26 bits per heavy atom. The summed E-state index contributed by atoms with van der Waals surface area (Å²) in [6.45, 7) is 1.20. The molecule has 2 N–H and O–H groups in total. The quantitative estimate of drug-likeness (QED) is 0.718. The molecule has 1 fully saturated rings. The zero-order valence-corrected chi connectivity index (χ0v) is 9.88. The highest BCUT2D eigenvalue weighted by Crippen LogP contribution is 2.22. The Hall–Kier alpha value is -2.51. The maximum atomic E-state index is 14.0. The predicted molar refractivity (Wildman–Crippen MR) is 61.1 cm³/mol. The minimum atomic E-state index is -1.44. The number of aromatic carboxylic acids is 1. The first-order valence-corrected chi connectivity index (χ1v) is 5.40. The van der Waals surface area contributed by atoms with Gasteiger partial charge < -0.3 is 10.0 Å². The molecular weight excluding hydrogens is 257 g/mol. The van der Waals surface area contributed by atoms with Crippen LogP contribution in [0.5, 0.6) is 0 Å². The molecule has 0 radical (unpaired) electrons. The number of imide groups is 1. The van der Waals surface area contributed by atoms with Crippen molar-refractivity contribution in [2.24, 2.45) is 0 Å². The number of rotatable bonds is 2.